The van der Waals surface area contributed by atoms with E-state index < -0.39 is 5.91 Å². The Morgan fingerprint density at radius 1 is 1.33 bits per heavy atom. The quantitative estimate of drug-likeness (QED) is 0.830. The third-order valence-electron chi connectivity index (χ3n) is 3.82. The number of amides is 1. The van der Waals surface area contributed by atoms with Crippen LogP contribution in [-0.4, -0.2) is 41.2 Å². The topological polar surface area (TPSA) is 99.4 Å². The maximum Gasteiger partial charge on any atom is 0.268 e. The van der Waals surface area contributed by atoms with Crippen molar-refractivity contribution >= 4 is 11.7 Å². The number of carbonyl (C=O) groups is 1. The highest BCUT2D eigenvalue weighted by molar-refractivity contribution is 5.90. The molecule has 1 fully saturated rings. The van der Waals surface area contributed by atoms with Crippen LogP contribution < -0.4 is 11.1 Å². The number of hydrogen-bond acceptors (Lipinski definition) is 6. The standard InChI is InChI=1S/C17H20N4O3/c18-17(22)13-8-19-9-16(20-13)21-14-11-23-7-6-15(14)24-10-12-4-2-1-3-5-12/h1-5,8-9,14-15H,6-7,10-11H2,(H2,18,22)(H,20,21)/t14-,15+/m1/s1. The maximum absolute atomic E-state index is 11.2. The molecular formula is C17H20N4O3. The normalized spacial score (nSPS) is 20.5. The van der Waals surface area contributed by atoms with Gasteiger partial charge in [-0.15, -0.1) is 0 Å². The molecule has 1 aliphatic rings. The molecule has 2 atom stereocenters. The second kappa shape index (κ2) is 7.85. The zero-order valence-electron chi connectivity index (χ0n) is 13.2. The van der Waals surface area contributed by atoms with Crippen LogP contribution in [-0.2, 0) is 16.1 Å². The van der Waals surface area contributed by atoms with Crippen molar-refractivity contribution in [1.82, 2.24) is 9.97 Å². The number of carbonyl (C=O) groups excluding carboxylic acids is 1. The third kappa shape index (κ3) is 4.27. The number of rotatable bonds is 6. The van der Waals surface area contributed by atoms with E-state index in [9.17, 15) is 4.79 Å². The van der Waals surface area contributed by atoms with E-state index >= 15 is 0 Å². The molecule has 7 heteroatoms. The van der Waals surface area contributed by atoms with Crippen LogP contribution in [0.2, 0.25) is 0 Å². The molecule has 2 heterocycles. The van der Waals surface area contributed by atoms with Crippen molar-refractivity contribution in [2.45, 2.75) is 25.2 Å². The van der Waals surface area contributed by atoms with Gasteiger partial charge in [-0.25, -0.2) is 4.98 Å². The summed E-state index contributed by atoms with van der Waals surface area (Å²) in [4.78, 5) is 19.4. The van der Waals surface area contributed by atoms with Gasteiger partial charge in [0.15, 0.2) is 0 Å². The van der Waals surface area contributed by atoms with Crippen molar-refractivity contribution in [3.63, 3.8) is 0 Å². The Labute approximate surface area is 140 Å². The molecule has 126 valence electrons. The molecule has 3 N–H and O–H groups in total. The smallest absolute Gasteiger partial charge is 0.268 e. The minimum atomic E-state index is -0.608. The monoisotopic (exact) mass is 328 g/mol. The van der Waals surface area contributed by atoms with Crippen LogP contribution in [0.3, 0.4) is 0 Å². The summed E-state index contributed by atoms with van der Waals surface area (Å²) in [6.07, 6.45) is 3.66. The molecule has 2 aromatic rings. The summed E-state index contributed by atoms with van der Waals surface area (Å²) in [6.45, 7) is 1.70. The van der Waals surface area contributed by atoms with Gasteiger partial charge in [0.1, 0.15) is 11.5 Å². The Morgan fingerprint density at radius 3 is 2.96 bits per heavy atom. The van der Waals surface area contributed by atoms with E-state index in [1.807, 2.05) is 30.3 Å². The number of anilines is 1. The van der Waals surface area contributed by atoms with Gasteiger partial charge in [0, 0.05) is 6.61 Å². The number of primary amides is 1. The van der Waals surface area contributed by atoms with Gasteiger partial charge in [-0.2, -0.15) is 0 Å². The number of benzene rings is 1. The van der Waals surface area contributed by atoms with Crippen molar-refractivity contribution in [2.75, 3.05) is 18.5 Å². The van der Waals surface area contributed by atoms with Crippen molar-refractivity contribution in [3.8, 4) is 0 Å². The zero-order chi connectivity index (χ0) is 16.8. The van der Waals surface area contributed by atoms with Crippen LogP contribution in [0.25, 0.3) is 0 Å². The van der Waals surface area contributed by atoms with Gasteiger partial charge in [-0.1, -0.05) is 30.3 Å². The van der Waals surface area contributed by atoms with Crippen LogP contribution >= 0.6 is 0 Å². The lowest BCUT2D eigenvalue weighted by Gasteiger charge is -2.32. The largest absolute Gasteiger partial charge is 0.379 e. The van der Waals surface area contributed by atoms with E-state index in [1.165, 1.54) is 6.20 Å². The summed E-state index contributed by atoms with van der Waals surface area (Å²) < 4.78 is 11.6. The van der Waals surface area contributed by atoms with E-state index in [2.05, 4.69) is 15.3 Å². The minimum Gasteiger partial charge on any atom is -0.379 e. The van der Waals surface area contributed by atoms with E-state index in [4.69, 9.17) is 15.2 Å². The van der Waals surface area contributed by atoms with Crippen LogP contribution in [0.1, 0.15) is 22.5 Å². The van der Waals surface area contributed by atoms with Crippen LogP contribution in [0.5, 0.6) is 0 Å². The van der Waals surface area contributed by atoms with Gasteiger partial charge in [0.05, 0.1) is 37.8 Å². The van der Waals surface area contributed by atoms with Gasteiger partial charge in [0.25, 0.3) is 5.91 Å². The molecule has 0 bridgehead atoms. The van der Waals surface area contributed by atoms with Gasteiger partial charge >= 0.3 is 0 Å². The van der Waals surface area contributed by atoms with Crippen molar-refractivity contribution in [2.24, 2.45) is 5.73 Å². The molecule has 0 radical (unpaired) electrons. The second-order valence-corrected chi connectivity index (χ2v) is 5.60. The van der Waals surface area contributed by atoms with Crippen LogP contribution in [0.15, 0.2) is 42.7 Å². The summed E-state index contributed by atoms with van der Waals surface area (Å²) in [5, 5.41) is 3.23. The fourth-order valence-corrected chi connectivity index (χ4v) is 2.57. The van der Waals surface area contributed by atoms with E-state index in [0.29, 0.717) is 25.6 Å². The molecule has 1 aromatic heterocycles. The van der Waals surface area contributed by atoms with Gasteiger partial charge in [0.2, 0.25) is 0 Å². The van der Waals surface area contributed by atoms with Crippen molar-refractivity contribution < 1.29 is 14.3 Å². The van der Waals surface area contributed by atoms with Gasteiger partial charge in [-0.3, -0.25) is 9.78 Å². The van der Waals surface area contributed by atoms with E-state index in [-0.39, 0.29) is 17.8 Å². The molecule has 0 unspecified atom stereocenters. The highest BCUT2D eigenvalue weighted by atomic mass is 16.5. The Kier molecular flexibility index (Phi) is 5.35. The Balaban J connectivity index is 1.64. The Hall–Kier alpha value is -2.51. The summed E-state index contributed by atoms with van der Waals surface area (Å²) in [6, 6.07) is 9.95. The lowest BCUT2D eigenvalue weighted by molar-refractivity contribution is -0.0478. The highest BCUT2D eigenvalue weighted by Gasteiger charge is 2.27. The van der Waals surface area contributed by atoms with E-state index in [0.717, 1.165) is 12.0 Å². The average Bonchev–Trinajstić information content (AvgIpc) is 2.62. The fraction of sp³-hybridized carbons (Fsp3) is 0.353. The second-order valence-electron chi connectivity index (χ2n) is 5.60. The molecule has 1 aliphatic heterocycles. The first-order valence-electron chi connectivity index (χ1n) is 7.84. The SMILES string of the molecule is NC(=O)c1cncc(N[C@@H]2COCC[C@@H]2OCc2ccccc2)n1. The molecule has 3 rings (SSSR count). The predicted molar refractivity (Wildman–Crippen MR) is 88.4 cm³/mol. The number of ether oxygens (including phenoxy) is 2. The fourth-order valence-electron chi connectivity index (χ4n) is 2.57. The molecule has 0 aliphatic carbocycles. The summed E-state index contributed by atoms with van der Waals surface area (Å²) in [5.74, 6) is -0.127. The zero-order valence-corrected chi connectivity index (χ0v) is 13.2. The van der Waals surface area contributed by atoms with Crippen LogP contribution in [0, 0.1) is 0 Å². The molecule has 0 saturated carbocycles. The lowest BCUT2D eigenvalue weighted by atomic mass is 10.1. The molecule has 1 aromatic carbocycles. The third-order valence-corrected chi connectivity index (χ3v) is 3.82. The first kappa shape index (κ1) is 16.4. The minimum absolute atomic E-state index is 0.0157. The lowest BCUT2D eigenvalue weighted by Crippen LogP contribution is -2.44. The molecule has 0 spiro atoms. The maximum atomic E-state index is 11.2. The molecule has 24 heavy (non-hydrogen) atoms. The summed E-state index contributed by atoms with van der Waals surface area (Å²) in [5.41, 5.74) is 6.48. The first-order valence-corrected chi connectivity index (χ1v) is 7.84. The first-order chi connectivity index (χ1) is 11.7. The molecular weight excluding hydrogens is 308 g/mol. The van der Waals surface area contributed by atoms with Crippen molar-refractivity contribution in [3.05, 3.63) is 54.0 Å². The molecule has 1 amide bonds. The summed E-state index contributed by atoms with van der Waals surface area (Å²) >= 11 is 0. The number of aromatic nitrogens is 2. The van der Waals surface area contributed by atoms with Gasteiger partial charge in [-0.05, 0) is 12.0 Å². The summed E-state index contributed by atoms with van der Waals surface area (Å²) in [7, 11) is 0. The number of hydrogen-bond donors (Lipinski definition) is 2. The Morgan fingerprint density at radius 2 is 2.17 bits per heavy atom. The number of nitrogens with one attached hydrogen (secondary N) is 1. The average molecular weight is 328 g/mol. The predicted octanol–water partition coefficient (Wildman–Crippen LogP) is 1.36. The van der Waals surface area contributed by atoms with Gasteiger partial charge < -0.3 is 20.5 Å². The van der Waals surface area contributed by atoms with E-state index in [1.54, 1.807) is 6.20 Å². The highest BCUT2D eigenvalue weighted by Crippen LogP contribution is 2.18. The van der Waals surface area contributed by atoms with Crippen molar-refractivity contribution in [1.29, 1.82) is 0 Å². The molecule has 7 nitrogen and oxygen atoms in total. The molecule has 1 saturated heterocycles. The number of nitrogens with zero attached hydrogens (tertiary/aromatic N) is 2. The Bertz CT molecular complexity index is 681. The van der Waals surface area contributed by atoms with Crippen LogP contribution in [0.4, 0.5) is 5.82 Å². The number of nitrogens with two attached hydrogens (primary N) is 1.